The van der Waals surface area contributed by atoms with Gasteiger partial charge in [-0.2, -0.15) is 4.39 Å². The van der Waals surface area contributed by atoms with Gasteiger partial charge in [-0.1, -0.05) is 19.8 Å². The van der Waals surface area contributed by atoms with Crippen LogP contribution in [0.3, 0.4) is 0 Å². The number of halogens is 3. The monoisotopic (exact) mass is 326 g/mol. The third-order valence-corrected chi connectivity index (χ3v) is 4.57. The summed E-state index contributed by atoms with van der Waals surface area (Å²) in [6.45, 7) is 4.09. The van der Waals surface area contributed by atoms with Gasteiger partial charge >= 0.3 is 0 Å². The lowest BCUT2D eigenvalue weighted by molar-refractivity contribution is 0.293. The van der Waals surface area contributed by atoms with Crippen molar-refractivity contribution in [3.05, 3.63) is 35.4 Å². The third kappa shape index (κ3) is 4.52. The maximum absolute atomic E-state index is 14.3. The van der Waals surface area contributed by atoms with Crippen LogP contribution >= 0.6 is 0 Å². The van der Waals surface area contributed by atoms with Crippen LogP contribution in [0.4, 0.5) is 13.2 Å². The summed E-state index contributed by atoms with van der Waals surface area (Å²) in [6, 6.07) is 2.53. The lowest BCUT2D eigenvalue weighted by atomic mass is 9.80. The van der Waals surface area contributed by atoms with Crippen molar-refractivity contribution in [3.8, 4) is 5.75 Å². The number of allylic oxidation sites excluding steroid dienone is 1. The zero-order valence-electron chi connectivity index (χ0n) is 13.9. The van der Waals surface area contributed by atoms with Gasteiger partial charge in [0.2, 0.25) is 5.82 Å². The van der Waals surface area contributed by atoms with Gasteiger partial charge < -0.3 is 4.74 Å². The van der Waals surface area contributed by atoms with Gasteiger partial charge in [-0.25, -0.2) is 8.78 Å². The molecule has 1 saturated carbocycles. The summed E-state index contributed by atoms with van der Waals surface area (Å²) >= 11 is 0. The van der Waals surface area contributed by atoms with E-state index in [9.17, 15) is 13.2 Å². The van der Waals surface area contributed by atoms with Crippen molar-refractivity contribution in [1.82, 2.24) is 0 Å². The smallest absolute Gasteiger partial charge is 0.201 e. The van der Waals surface area contributed by atoms with E-state index >= 15 is 0 Å². The molecule has 2 rings (SSSR count). The molecule has 0 bridgehead atoms. The number of hydrogen-bond donors (Lipinski definition) is 0. The summed E-state index contributed by atoms with van der Waals surface area (Å²) in [5.74, 6) is -2.32. The first-order chi connectivity index (χ1) is 11.1. The molecule has 1 fully saturated rings. The Bertz CT molecular complexity index is 546. The Kier molecular flexibility index (Phi) is 6.55. The second-order valence-electron chi connectivity index (χ2n) is 6.26. The quantitative estimate of drug-likeness (QED) is 0.597. The van der Waals surface area contributed by atoms with E-state index < -0.39 is 17.5 Å². The van der Waals surface area contributed by atoms with E-state index in [2.05, 4.69) is 6.92 Å². The summed E-state index contributed by atoms with van der Waals surface area (Å²) < 4.78 is 47.2. The van der Waals surface area contributed by atoms with Crippen LogP contribution in [0.5, 0.6) is 5.75 Å². The SMILES string of the molecule is CCC[C@H]1CC[C@H](C=C(F)c2ccc(OCC)c(F)c2F)CC1. The molecule has 1 nitrogen and oxygen atoms in total. The molecule has 23 heavy (non-hydrogen) atoms. The van der Waals surface area contributed by atoms with Crippen molar-refractivity contribution in [2.24, 2.45) is 11.8 Å². The predicted molar refractivity (Wildman–Crippen MR) is 87.0 cm³/mol. The molecule has 0 heterocycles. The molecule has 0 radical (unpaired) electrons. The second-order valence-corrected chi connectivity index (χ2v) is 6.26. The Morgan fingerprint density at radius 1 is 1.13 bits per heavy atom. The topological polar surface area (TPSA) is 9.23 Å². The molecule has 0 aromatic heterocycles. The molecule has 0 unspecified atom stereocenters. The van der Waals surface area contributed by atoms with Gasteiger partial charge in [-0.15, -0.1) is 0 Å². The molecule has 1 aliphatic rings. The molecule has 1 aromatic carbocycles. The standard InChI is InChI=1S/C19H25F3O/c1-3-5-13-6-8-14(9-7-13)12-16(20)15-10-11-17(23-4-2)19(22)18(15)21/h10-14H,3-9H2,1-2H3/t13-,14-. The molecule has 1 aromatic rings. The Hall–Kier alpha value is -1.45. The normalized spacial score (nSPS) is 22.2. The summed E-state index contributed by atoms with van der Waals surface area (Å²) in [6.07, 6.45) is 7.86. The molecule has 128 valence electrons. The maximum atomic E-state index is 14.3. The largest absolute Gasteiger partial charge is 0.491 e. The highest BCUT2D eigenvalue weighted by Gasteiger charge is 2.22. The van der Waals surface area contributed by atoms with Gasteiger partial charge in [0.05, 0.1) is 6.61 Å². The Morgan fingerprint density at radius 2 is 1.83 bits per heavy atom. The van der Waals surface area contributed by atoms with Crippen LogP contribution in [0.1, 0.15) is 57.9 Å². The predicted octanol–water partition coefficient (Wildman–Crippen LogP) is 6.28. The first-order valence-electron chi connectivity index (χ1n) is 8.55. The minimum Gasteiger partial charge on any atom is -0.491 e. The van der Waals surface area contributed by atoms with E-state index in [1.165, 1.54) is 31.1 Å². The van der Waals surface area contributed by atoms with Crippen molar-refractivity contribution in [2.45, 2.75) is 52.4 Å². The molecule has 0 saturated heterocycles. The first-order valence-corrected chi connectivity index (χ1v) is 8.55. The van der Waals surface area contributed by atoms with E-state index in [1.807, 2.05) is 0 Å². The van der Waals surface area contributed by atoms with E-state index in [1.54, 1.807) is 6.92 Å². The summed E-state index contributed by atoms with van der Waals surface area (Å²) in [5, 5.41) is 0. The number of benzene rings is 1. The van der Waals surface area contributed by atoms with E-state index in [0.717, 1.165) is 31.6 Å². The Labute approximate surface area is 136 Å². The van der Waals surface area contributed by atoms with Gasteiger partial charge in [-0.05, 0) is 62.7 Å². The second kappa shape index (κ2) is 8.42. The first kappa shape index (κ1) is 17.9. The van der Waals surface area contributed by atoms with Gasteiger partial charge in [0.15, 0.2) is 11.6 Å². The fourth-order valence-corrected chi connectivity index (χ4v) is 3.33. The van der Waals surface area contributed by atoms with Crippen LogP contribution in [0.25, 0.3) is 5.83 Å². The molecule has 0 amide bonds. The molecule has 0 spiro atoms. The number of rotatable bonds is 6. The van der Waals surface area contributed by atoms with Gasteiger partial charge in [0.1, 0.15) is 5.83 Å². The maximum Gasteiger partial charge on any atom is 0.201 e. The van der Waals surface area contributed by atoms with Gasteiger partial charge in [0.25, 0.3) is 0 Å². The van der Waals surface area contributed by atoms with Gasteiger partial charge in [-0.3, -0.25) is 0 Å². The van der Waals surface area contributed by atoms with Crippen molar-refractivity contribution in [3.63, 3.8) is 0 Å². The van der Waals surface area contributed by atoms with Crippen molar-refractivity contribution < 1.29 is 17.9 Å². The van der Waals surface area contributed by atoms with Crippen molar-refractivity contribution in [1.29, 1.82) is 0 Å². The van der Waals surface area contributed by atoms with Crippen LogP contribution in [-0.2, 0) is 0 Å². The van der Waals surface area contributed by atoms with E-state index in [-0.39, 0.29) is 23.8 Å². The number of hydrogen-bond acceptors (Lipinski definition) is 1. The molecular formula is C19H25F3O. The fourth-order valence-electron chi connectivity index (χ4n) is 3.33. The summed E-state index contributed by atoms with van der Waals surface area (Å²) in [7, 11) is 0. The van der Waals surface area contributed by atoms with Crippen LogP contribution in [0, 0.1) is 23.5 Å². The van der Waals surface area contributed by atoms with Crippen LogP contribution in [0.2, 0.25) is 0 Å². The average Bonchev–Trinajstić information content (AvgIpc) is 2.54. The van der Waals surface area contributed by atoms with Crippen molar-refractivity contribution >= 4 is 5.83 Å². The number of ether oxygens (including phenoxy) is 1. The van der Waals surface area contributed by atoms with Gasteiger partial charge in [0, 0.05) is 5.56 Å². The average molecular weight is 326 g/mol. The minimum atomic E-state index is -1.18. The molecular weight excluding hydrogens is 301 g/mol. The highest BCUT2D eigenvalue weighted by atomic mass is 19.2. The Balaban J connectivity index is 2.08. The zero-order valence-corrected chi connectivity index (χ0v) is 13.9. The third-order valence-electron chi connectivity index (χ3n) is 4.57. The molecule has 0 aliphatic heterocycles. The molecule has 1 aliphatic carbocycles. The fraction of sp³-hybridized carbons (Fsp3) is 0.579. The van der Waals surface area contributed by atoms with E-state index in [4.69, 9.17) is 4.74 Å². The highest BCUT2D eigenvalue weighted by molar-refractivity contribution is 5.61. The zero-order chi connectivity index (χ0) is 16.8. The summed E-state index contributed by atoms with van der Waals surface area (Å²) in [4.78, 5) is 0. The minimum absolute atomic E-state index is 0.108. The Morgan fingerprint density at radius 3 is 2.43 bits per heavy atom. The van der Waals surface area contributed by atoms with Crippen LogP contribution in [-0.4, -0.2) is 6.61 Å². The van der Waals surface area contributed by atoms with Crippen LogP contribution in [0.15, 0.2) is 18.2 Å². The molecule has 4 heteroatoms. The highest BCUT2D eigenvalue weighted by Crippen LogP contribution is 2.35. The van der Waals surface area contributed by atoms with Crippen LogP contribution < -0.4 is 4.74 Å². The van der Waals surface area contributed by atoms with Crippen molar-refractivity contribution in [2.75, 3.05) is 6.61 Å². The lowest BCUT2D eigenvalue weighted by Crippen LogP contribution is -2.13. The lowest BCUT2D eigenvalue weighted by Gasteiger charge is -2.26. The van der Waals surface area contributed by atoms with E-state index in [0.29, 0.717) is 0 Å². The summed E-state index contributed by atoms with van der Waals surface area (Å²) in [5.41, 5.74) is -0.318. The molecule has 0 atom stereocenters. The molecule has 0 N–H and O–H groups in total.